The van der Waals surface area contributed by atoms with Gasteiger partial charge in [-0.2, -0.15) is 4.31 Å². The number of fused-ring (bicyclic) bond motifs is 3. The molecule has 2 saturated heterocycles. The van der Waals surface area contributed by atoms with E-state index in [0.717, 1.165) is 0 Å². The van der Waals surface area contributed by atoms with E-state index in [0.29, 0.717) is 38.0 Å². The van der Waals surface area contributed by atoms with Crippen molar-refractivity contribution >= 4 is 45.1 Å². The van der Waals surface area contributed by atoms with Crippen molar-refractivity contribution in [3.8, 4) is 5.75 Å². The monoisotopic (exact) mass is 712 g/mol. The van der Waals surface area contributed by atoms with Crippen LogP contribution in [0.4, 0.5) is 25.1 Å². The van der Waals surface area contributed by atoms with Crippen molar-refractivity contribution in [3.05, 3.63) is 41.0 Å². The Labute approximate surface area is 282 Å². The number of hydrogen-bond acceptors (Lipinski definition) is 10. The summed E-state index contributed by atoms with van der Waals surface area (Å²) in [5, 5.41) is 12.3. The molecule has 2 amide bonds. The molecule has 4 N–H and O–H groups in total. The number of carbonyl (C=O) groups excluding carboxylic acids is 2. The molecule has 0 unspecified atom stereocenters. The van der Waals surface area contributed by atoms with Gasteiger partial charge in [-0.3, -0.25) is 9.69 Å². The van der Waals surface area contributed by atoms with Crippen molar-refractivity contribution in [2.45, 2.75) is 55.1 Å². The maximum atomic E-state index is 15.8. The maximum Gasteiger partial charge on any atom is 0.415 e. The van der Waals surface area contributed by atoms with Crippen LogP contribution in [0.1, 0.15) is 37.7 Å². The van der Waals surface area contributed by atoms with E-state index in [1.165, 1.54) is 39.5 Å². The lowest BCUT2D eigenvalue weighted by Gasteiger charge is -2.36. The Kier molecular flexibility index (Phi) is 10.0. The number of pyridine rings is 1. The van der Waals surface area contributed by atoms with Gasteiger partial charge in [-0.05, 0) is 62.9 Å². The van der Waals surface area contributed by atoms with Crippen LogP contribution >= 0.6 is 11.6 Å². The summed E-state index contributed by atoms with van der Waals surface area (Å²) in [4.78, 5) is 32.2. The number of nitrogens with two attached hydrogens (primary N) is 1. The first-order valence-electron chi connectivity index (χ1n) is 16.1. The van der Waals surface area contributed by atoms with Crippen molar-refractivity contribution < 1.29 is 41.4 Å². The fraction of sp³-hybridized carbons (Fsp3) is 0.581. The number of rotatable bonds is 10. The molecule has 3 fully saturated rings. The summed E-state index contributed by atoms with van der Waals surface area (Å²) >= 11 is 6.24. The maximum absolute atomic E-state index is 15.8. The van der Waals surface area contributed by atoms with Gasteiger partial charge in [-0.15, -0.1) is 0 Å². The second-order valence-electron chi connectivity index (χ2n) is 12.5. The van der Waals surface area contributed by atoms with Gasteiger partial charge in [0.25, 0.3) is 5.92 Å². The number of cyclic esters (lactones) is 1. The highest BCUT2D eigenvalue weighted by Crippen LogP contribution is 2.46. The van der Waals surface area contributed by atoms with Crippen LogP contribution in [0.15, 0.2) is 35.2 Å². The van der Waals surface area contributed by atoms with Gasteiger partial charge in [0.05, 0.1) is 17.2 Å². The fourth-order valence-electron chi connectivity index (χ4n) is 6.88. The number of alkyl halides is 2. The Bertz CT molecular complexity index is 1640. The van der Waals surface area contributed by atoms with E-state index in [-0.39, 0.29) is 91.2 Å². The second kappa shape index (κ2) is 13.9. The van der Waals surface area contributed by atoms with Gasteiger partial charge in [-0.1, -0.05) is 11.6 Å². The summed E-state index contributed by atoms with van der Waals surface area (Å²) in [5.41, 5.74) is 5.57. The molecule has 13 nitrogen and oxygen atoms in total. The molecule has 1 saturated carbocycles. The smallest absolute Gasteiger partial charge is 0.415 e. The van der Waals surface area contributed by atoms with Crippen molar-refractivity contribution in [2.75, 3.05) is 62.3 Å². The summed E-state index contributed by atoms with van der Waals surface area (Å²) in [6.45, 7) is 1.11. The molecule has 1 aliphatic carbocycles. The van der Waals surface area contributed by atoms with Crippen LogP contribution in [0, 0.1) is 11.8 Å². The Morgan fingerprint density at radius 1 is 1.12 bits per heavy atom. The minimum absolute atomic E-state index is 0.0232. The number of sulfonamides is 1. The van der Waals surface area contributed by atoms with Crippen LogP contribution < -0.4 is 25.6 Å². The quantitative estimate of drug-likeness (QED) is 0.246. The van der Waals surface area contributed by atoms with Crippen molar-refractivity contribution in [1.82, 2.24) is 14.6 Å². The number of anilines is 2. The first-order valence-corrected chi connectivity index (χ1v) is 17.9. The van der Waals surface area contributed by atoms with Crippen LogP contribution in [0.25, 0.3) is 0 Å². The number of piperazine rings is 1. The normalized spacial score (nSPS) is 24.8. The molecule has 0 radical (unpaired) electrons. The average Bonchev–Trinajstić information content (AvgIpc) is 3.43. The lowest BCUT2D eigenvalue weighted by atomic mass is 9.77. The number of amides is 2. The van der Waals surface area contributed by atoms with Crippen LogP contribution in [0.2, 0.25) is 5.15 Å². The van der Waals surface area contributed by atoms with E-state index in [1.54, 1.807) is 4.90 Å². The molecule has 2 aromatic rings. The molecule has 262 valence electrons. The first-order chi connectivity index (χ1) is 22.9. The Morgan fingerprint density at radius 2 is 1.85 bits per heavy atom. The average molecular weight is 713 g/mol. The second-order valence-corrected chi connectivity index (χ2v) is 14.8. The first kappa shape index (κ1) is 34.5. The lowest BCUT2D eigenvalue weighted by Crippen LogP contribution is -2.49. The van der Waals surface area contributed by atoms with Gasteiger partial charge >= 0.3 is 6.09 Å². The number of hydrogen-bond donors (Lipinski definition) is 3. The molecule has 1 aromatic carbocycles. The highest BCUT2D eigenvalue weighted by atomic mass is 35.5. The van der Waals surface area contributed by atoms with Gasteiger partial charge < -0.3 is 30.5 Å². The van der Waals surface area contributed by atoms with Crippen LogP contribution in [-0.2, 0) is 25.5 Å². The van der Waals surface area contributed by atoms with Crippen molar-refractivity contribution in [1.29, 1.82) is 0 Å². The van der Waals surface area contributed by atoms with Crippen LogP contribution in [0.3, 0.4) is 0 Å². The van der Waals surface area contributed by atoms with Crippen LogP contribution in [-0.4, -0.2) is 99.4 Å². The van der Waals surface area contributed by atoms with E-state index < -0.39 is 40.1 Å². The SMILES string of the molecule is NCCCNC(=O)C1CCC(C(F)(F)c2cc(Cl)nc(N3CCN(S(=O)(=O)c4ccc5c(c4)OC[C@H]4[C@H](CO)OC(=O)N54)CC3)c2)CC1. The third kappa shape index (κ3) is 6.64. The standard InChI is InChI=1S/C31H39ClF2N6O7S/c32-27-14-21(31(33,34)20-4-2-19(3-5-20)29(42)36-9-1-8-35)15-28(37-27)38-10-12-39(13-11-38)48(44,45)22-6-7-23-25(16-22)46-18-24-26(17-41)47-30(43)40(23)24/h6-7,14-16,19-20,24,26,41H,1-5,8-13,17-18,35H2,(H,36,42)/t19?,20?,24-,26-/m0/s1. The topological polar surface area (TPSA) is 168 Å². The number of halogens is 3. The molecular weight excluding hydrogens is 674 g/mol. The lowest BCUT2D eigenvalue weighted by molar-refractivity contribution is -0.129. The number of aromatic nitrogens is 1. The molecule has 0 bridgehead atoms. The Morgan fingerprint density at radius 3 is 2.54 bits per heavy atom. The molecule has 48 heavy (non-hydrogen) atoms. The number of aliphatic hydroxyl groups excluding tert-OH is 1. The molecule has 6 rings (SSSR count). The molecular formula is C31H39ClF2N6O7S. The minimum Gasteiger partial charge on any atom is -0.489 e. The minimum atomic E-state index is -3.97. The molecule has 4 heterocycles. The fourth-order valence-corrected chi connectivity index (χ4v) is 8.53. The van der Waals surface area contributed by atoms with Gasteiger partial charge in [0.2, 0.25) is 15.9 Å². The van der Waals surface area contributed by atoms with Crippen LogP contribution in [0.5, 0.6) is 5.75 Å². The number of benzene rings is 1. The molecule has 4 aliphatic rings. The molecule has 17 heteroatoms. The number of nitrogens with zero attached hydrogens (tertiary/aromatic N) is 4. The third-order valence-electron chi connectivity index (χ3n) is 9.65. The van der Waals surface area contributed by atoms with Gasteiger partial charge in [-0.25, -0.2) is 27.0 Å². The van der Waals surface area contributed by atoms with E-state index in [1.807, 2.05) is 0 Å². The summed E-state index contributed by atoms with van der Waals surface area (Å²) in [6, 6.07) is 6.20. The predicted molar refractivity (Wildman–Crippen MR) is 172 cm³/mol. The predicted octanol–water partition coefficient (Wildman–Crippen LogP) is 2.69. The highest BCUT2D eigenvalue weighted by Gasteiger charge is 2.47. The zero-order valence-electron chi connectivity index (χ0n) is 26.2. The van der Waals surface area contributed by atoms with Crippen molar-refractivity contribution in [3.63, 3.8) is 0 Å². The summed E-state index contributed by atoms with van der Waals surface area (Å²) < 4.78 is 71.2. The number of ether oxygens (including phenoxy) is 2. The Balaban J connectivity index is 1.09. The van der Waals surface area contributed by atoms with Crippen molar-refractivity contribution in [2.24, 2.45) is 17.6 Å². The van der Waals surface area contributed by atoms with Gasteiger partial charge in [0, 0.05) is 56.2 Å². The largest absolute Gasteiger partial charge is 0.489 e. The molecule has 3 aliphatic heterocycles. The zero-order valence-corrected chi connectivity index (χ0v) is 27.8. The molecule has 0 spiro atoms. The highest BCUT2D eigenvalue weighted by molar-refractivity contribution is 7.89. The number of aliphatic hydroxyl groups is 1. The summed E-state index contributed by atoms with van der Waals surface area (Å²) in [6.07, 6.45) is 0.378. The Hall–Kier alpha value is -3.31. The van der Waals surface area contributed by atoms with Gasteiger partial charge in [0.15, 0.2) is 6.10 Å². The molecule has 2 atom stereocenters. The van der Waals surface area contributed by atoms with E-state index >= 15 is 8.78 Å². The van der Waals surface area contributed by atoms with E-state index in [4.69, 9.17) is 26.8 Å². The third-order valence-corrected chi connectivity index (χ3v) is 11.7. The van der Waals surface area contributed by atoms with E-state index in [2.05, 4.69) is 10.3 Å². The molecule has 1 aromatic heterocycles. The van der Waals surface area contributed by atoms with E-state index in [9.17, 15) is 23.1 Å². The number of nitrogens with one attached hydrogen (secondary N) is 1. The zero-order chi connectivity index (χ0) is 34.2. The number of carbonyl (C=O) groups is 2. The summed E-state index contributed by atoms with van der Waals surface area (Å²) in [7, 11) is -3.97. The summed E-state index contributed by atoms with van der Waals surface area (Å²) in [5.74, 6) is -4.15. The van der Waals surface area contributed by atoms with Gasteiger partial charge in [0.1, 0.15) is 29.4 Å².